The number of hydrogen-bond acceptors (Lipinski definition) is 3. The van der Waals surface area contributed by atoms with Gasteiger partial charge in [-0.3, -0.25) is 4.79 Å². The van der Waals surface area contributed by atoms with E-state index in [1.54, 1.807) is 11.8 Å². The van der Waals surface area contributed by atoms with Crippen LogP contribution < -0.4 is 5.32 Å². The van der Waals surface area contributed by atoms with Gasteiger partial charge in [0.25, 0.3) is 0 Å². The van der Waals surface area contributed by atoms with Gasteiger partial charge in [0.2, 0.25) is 5.91 Å². The lowest BCUT2D eigenvalue weighted by molar-refractivity contribution is -0.120. The minimum atomic E-state index is -0.314. The maximum absolute atomic E-state index is 11.0. The van der Waals surface area contributed by atoms with Crippen LogP contribution in [0.5, 0.6) is 0 Å². The van der Waals surface area contributed by atoms with Gasteiger partial charge in [0.05, 0.1) is 12.6 Å². The summed E-state index contributed by atoms with van der Waals surface area (Å²) >= 11 is 1.79. The van der Waals surface area contributed by atoms with Crippen molar-refractivity contribution in [3.63, 3.8) is 0 Å². The highest BCUT2D eigenvalue weighted by Gasteiger charge is 2.11. The molecule has 0 heterocycles. The SMILES string of the molecule is CC(=O)NC(CO)c1ccc(SC(C)C)cc1. The molecule has 4 heteroatoms. The molecule has 2 N–H and O–H groups in total. The molecule has 0 fully saturated rings. The zero-order valence-corrected chi connectivity index (χ0v) is 11.3. The number of aliphatic hydroxyl groups is 1. The van der Waals surface area contributed by atoms with Gasteiger partial charge in [0.1, 0.15) is 0 Å². The van der Waals surface area contributed by atoms with Gasteiger partial charge < -0.3 is 10.4 Å². The predicted molar refractivity (Wildman–Crippen MR) is 71.1 cm³/mol. The van der Waals surface area contributed by atoms with E-state index in [-0.39, 0.29) is 18.6 Å². The van der Waals surface area contributed by atoms with Gasteiger partial charge in [-0.05, 0) is 17.7 Å². The first-order valence-electron chi connectivity index (χ1n) is 5.67. The summed E-state index contributed by atoms with van der Waals surface area (Å²) in [7, 11) is 0. The molecular formula is C13H19NO2S. The van der Waals surface area contributed by atoms with E-state index in [1.165, 1.54) is 11.8 Å². The topological polar surface area (TPSA) is 49.3 Å². The maximum atomic E-state index is 11.0. The molecule has 0 spiro atoms. The Morgan fingerprint density at radius 2 is 1.94 bits per heavy atom. The van der Waals surface area contributed by atoms with Crippen LogP contribution in [0.2, 0.25) is 0 Å². The van der Waals surface area contributed by atoms with Gasteiger partial charge in [-0.25, -0.2) is 0 Å². The van der Waals surface area contributed by atoms with E-state index in [1.807, 2.05) is 24.3 Å². The molecule has 0 bridgehead atoms. The summed E-state index contributed by atoms with van der Waals surface area (Å²) in [6.07, 6.45) is 0. The molecule has 0 saturated carbocycles. The lowest BCUT2D eigenvalue weighted by atomic mass is 10.1. The largest absolute Gasteiger partial charge is 0.394 e. The zero-order chi connectivity index (χ0) is 12.8. The number of nitrogens with one attached hydrogen (secondary N) is 1. The van der Waals surface area contributed by atoms with Gasteiger partial charge in [-0.15, -0.1) is 11.8 Å². The monoisotopic (exact) mass is 253 g/mol. The van der Waals surface area contributed by atoms with E-state index in [9.17, 15) is 9.90 Å². The Morgan fingerprint density at radius 3 is 2.35 bits per heavy atom. The third kappa shape index (κ3) is 4.79. The van der Waals surface area contributed by atoms with Crippen molar-refractivity contribution in [3.05, 3.63) is 29.8 Å². The Morgan fingerprint density at radius 1 is 1.35 bits per heavy atom. The number of hydrogen-bond donors (Lipinski definition) is 2. The van der Waals surface area contributed by atoms with Crippen molar-refractivity contribution in [2.24, 2.45) is 0 Å². The standard InChI is InChI=1S/C13H19NO2S/c1-9(2)17-12-6-4-11(5-7-12)13(8-15)14-10(3)16/h4-7,9,13,15H,8H2,1-3H3,(H,14,16). The van der Waals surface area contributed by atoms with Crippen LogP contribution in [0.1, 0.15) is 32.4 Å². The van der Waals surface area contributed by atoms with Crippen LogP contribution in [0.3, 0.4) is 0 Å². The van der Waals surface area contributed by atoms with E-state index >= 15 is 0 Å². The smallest absolute Gasteiger partial charge is 0.217 e. The fourth-order valence-electron chi connectivity index (χ4n) is 1.53. The van der Waals surface area contributed by atoms with Crippen LogP contribution in [0, 0.1) is 0 Å². The minimum absolute atomic E-state index is 0.0871. The second-order valence-corrected chi connectivity index (χ2v) is 5.82. The quantitative estimate of drug-likeness (QED) is 0.792. The van der Waals surface area contributed by atoms with Gasteiger partial charge in [0, 0.05) is 17.1 Å². The summed E-state index contributed by atoms with van der Waals surface area (Å²) in [5.74, 6) is -0.135. The van der Waals surface area contributed by atoms with Crippen molar-refractivity contribution in [3.8, 4) is 0 Å². The second-order valence-electron chi connectivity index (χ2n) is 4.17. The van der Waals surface area contributed by atoms with Crippen molar-refractivity contribution in [1.29, 1.82) is 0 Å². The lowest BCUT2D eigenvalue weighted by Gasteiger charge is -2.16. The van der Waals surface area contributed by atoms with Gasteiger partial charge in [-0.2, -0.15) is 0 Å². The number of carbonyl (C=O) groups is 1. The Bertz CT molecular complexity index is 362. The highest BCUT2D eigenvalue weighted by atomic mass is 32.2. The molecule has 1 unspecified atom stereocenters. The van der Waals surface area contributed by atoms with E-state index in [4.69, 9.17) is 0 Å². The normalized spacial score (nSPS) is 12.5. The van der Waals surface area contributed by atoms with Crippen molar-refractivity contribution in [2.45, 2.75) is 37.0 Å². The van der Waals surface area contributed by atoms with Gasteiger partial charge in [0.15, 0.2) is 0 Å². The molecule has 3 nitrogen and oxygen atoms in total. The fraction of sp³-hybridized carbons (Fsp3) is 0.462. The molecule has 1 aromatic rings. The number of aliphatic hydroxyl groups excluding tert-OH is 1. The molecule has 1 rings (SSSR count). The third-order valence-corrected chi connectivity index (χ3v) is 3.23. The van der Waals surface area contributed by atoms with Crippen molar-refractivity contribution < 1.29 is 9.90 Å². The van der Waals surface area contributed by atoms with Crippen molar-refractivity contribution in [1.82, 2.24) is 5.32 Å². The van der Waals surface area contributed by atoms with Crippen LogP contribution in [-0.4, -0.2) is 22.9 Å². The van der Waals surface area contributed by atoms with E-state index in [0.29, 0.717) is 5.25 Å². The summed E-state index contributed by atoms with van der Waals surface area (Å²) in [5.41, 5.74) is 0.927. The first-order chi connectivity index (χ1) is 8.02. The summed E-state index contributed by atoms with van der Waals surface area (Å²) in [6.45, 7) is 5.65. The Balaban J connectivity index is 2.74. The predicted octanol–water partition coefficient (Wildman–Crippen LogP) is 2.36. The molecular weight excluding hydrogens is 234 g/mol. The van der Waals surface area contributed by atoms with Gasteiger partial charge in [-0.1, -0.05) is 26.0 Å². The molecule has 0 radical (unpaired) electrons. The van der Waals surface area contributed by atoms with Crippen molar-refractivity contribution in [2.75, 3.05) is 6.61 Å². The molecule has 17 heavy (non-hydrogen) atoms. The fourth-order valence-corrected chi connectivity index (χ4v) is 2.37. The Labute approximate surface area is 107 Å². The molecule has 1 amide bonds. The average molecular weight is 253 g/mol. The summed E-state index contributed by atoms with van der Waals surface area (Å²) in [5, 5.41) is 12.5. The second kappa shape index (κ2) is 6.67. The van der Waals surface area contributed by atoms with Gasteiger partial charge >= 0.3 is 0 Å². The van der Waals surface area contributed by atoms with Crippen LogP contribution in [0.4, 0.5) is 0 Å². The van der Waals surface area contributed by atoms with E-state index < -0.39 is 0 Å². The maximum Gasteiger partial charge on any atom is 0.217 e. The van der Waals surface area contributed by atoms with Crippen LogP contribution in [0.25, 0.3) is 0 Å². The van der Waals surface area contributed by atoms with E-state index in [2.05, 4.69) is 19.2 Å². The summed E-state index contributed by atoms with van der Waals surface area (Å²) < 4.78 is 0. The molecule has 1 aromatic carbocycles. The summed E-state index contributed by atoms with van der Waals surface area (Å²) in [6, 6.07) is 7.61. The first-order valence-corrected chi connectivity index (χ1v) is 6.55. The average Bonchev–Trinajstić information content (AvgIpc) is 2.26. The lowest BCUT2D eigenvalue weighted by Crippen LogP contribution is -2.28. The first kappa shape index (κ1) is 14.1. The molecule has 1 atom stereocenters. The Hall–Kier alpha value is -1.00. The number of amides is 1. The molecule has 0 aromatic heterocycles. The third-order valence-electron chi connectivity index (χ3n) is 2.21. The van der Waals surface area contributed by atoms with Crippen molar-refractivity contribution >= 4 is 17.7 Å². The highest BCUT2D eigenvalue weighted by molar-refractivity contribution is 7.99. The highest BCUT2D eigenvalue weighted by Crippen LogP contribution is 2.24. The minimum Gasteiger partial charge on any atom is -0.394 e. The molecule has 94 valence electrons. The van der Waals surface area contributed by atoms with Crippen LogP contribution >= 0.6 is 11.8 Å². The zero-order valence-electron chi connectivity index (χ0n) is 10.4. The molecule has 0 saturated heterocycles. The number of rotatable bonds is 5. The van der Waals surface area contributed by atoms with Crippen LogP contribution in [0.15, 0.2) is 29.2 Å². The Kier molecular flexibility index (Phi) is 5.51. The molecule has 0 aliphatic carbocycles. The van der Waals surface area contributed by atoms with E-state index in [0.717, 1.165) is 5.56 Å². The molecule has 0 aliphatic heterocycles. The van der Waals surface area contributed by atoms with Crippen LogP contribution in [-0.2, 0) is 4.79 Å². The number of carbonyl (C=O) groups excluding carboxylic acids is 1. The summed E-state index contributed by atoms with van der Waals surface area (Å²) in [4.78, 5) is 12.2. The number of thioether (sulfide) groups is 1. The number of benzene rings is 1. The molecule has 0 aliphatic rings.